The molecule has 0 atom stereocenters. The molecule has 1 rings (SSSR count). The average Bonchev–Trinajstić information content (AvgIpc) is 2.15. The maximum Gasteiger partial charge on any atom is 0.446 e. The van der Waals surface area contributed by atoms with Crippen molar-refractivity contribution in [2.45, 2.75) is 6.18 Å². The topological polar surface area (TPSA) is 24.4 Å². The fourth-order valence-corrected chi connectivity index (χ4v) is 1.01. The maximum atomic E-state index is 11.9. The van der Waals surface area contributed by atoms with Gasteiger partial charge in [0.15, 0.2) is 0 Å². The molecule has 0 heterocycles. The standard InChI is InChI=1S/C8H5BrClF3N2/c9-5-1-3-6(4-2-5)14-15-7(10)8(11,12)13/h1-4,14H/b15-7-. The van der Waals surface area contributed by atoms with Crippen LogP contribution in [-0.4, -0.2) is 11.3 Å². The van der Waals surface area contributed by atoms with Crippen molar-refractivity contribution in [1.82, 2.24) is 0 Å². The van der Waals surface area contributed by atoms with Crippen molar-refractivity contribution in [2.24, 2.45) is 5.10 Å². The minimum absolute atomic E-state index is 0.417. The quantitative estimate of drug-likeness (QED) is 0.648. The Morgan fingerprint density at radius 1 is 1.27 bits per heavy atom. The van der Waals surface area contributed by atoms with Gasteiger partial charge < -0.3 is 0 Å². The molecular weight excluding hydrogens is 296 g/mol. The smallest absolute Gasteiger partial charge is 0.277 e. The Kier molecular flexibility index (Phi) is 3.98. The summed E-state index contributed by atoms with van der Waals surface area (Å²) in [5.74, 6) is 0. The predicted molar refractivity (Wildman–Crippen MR) is 57.1 cm³/mol. The average molecular weight is 301 g/mol. The van der Waals surface area contributed by atoms with Gasteiger partial charge in [-0.05, 0) is 24.3 Å². The number of hydrogen-bond donors (Lipinski definition) is 1. The van der Waals surface area contributed by atoms with E-state index in [-0.39, 0.29) is 0 Å². The van der Waals surface area contributed by atoms with Gasteiger partial charge in [-0.25, -0.2) is 0 Å². The second-order valence-electron chi connectivity index (χ2n) is 2.52. The second-order valence-corrected chi connectivity index (χ2v) is 3.79. The van der Waals surface area contributed by atoms with E-state index in [0.717, 1.165) is 4.47 Å². The molecule has 2 nitrogen and oxygen atoms in total. The van der Waals surface area contributed by atoms with Crippen LogP contribution in [0.25, 0.3) is 0 Å². The molecule has 0 unspecified atom stereocenters. The lowest BCUT2D eigenvalue weighted by Gasteiger charge is -2.04. The Labute approximate surface area is 97.2 Å². The number of nitrogens with zero attached hydrogens (tertiary/aromatic N) is 1. The number of halogens is 5. The van der Waals surface area contributed by atoms with E-state index in [9.17, 15) is 13.2 Å². The van der Waals surface area contributed by atoms with Crippen molar-refractivity contribution in [2.75, 3.05) is 5.43 Å². The number of alkyl halides is 3. The van der Waals surface area contributed by atoms with Gasteiger partial charge in [-0.1, -0.05) is 27.5 Å². The number of benzene rings is 1. The molecule has 7 heteroatoms. The van der Waals surface area contributed by atoms with Gasteiger partial charge in [0.1, 0.15) is 0 Å². The molecule has 0 aliphatic rings. The van der Waals surface area contributed by atoms with Crippen LogP contribution >= 0.6 is 27.5 Å². The molecule has 1 aromatic rings. The summed E-state index contributed by atoms with van der Waals surface area (Å²) in [6.45, 7) is 0. The van der Waals surface area contributed by atoms with Crippen LogP contribution in [0.5, 0.6) is 0 Å². The zero-order chi connectivity index (χ0) is 11.5. The van der Waals surface area contributed by atoms with Crippen molar-refractivity contribution < 1.29 is 13.2 Å². The van der Waals surface area contributed by atoms with Crippen molar-refractivity contribution in [1.29, 1.82) is 0 Å². The molecule has 1 aromatic carbocycles. The van der Waals surface area contributed by atoms with E-state index in [0.29, 0.717) is 5.69 Å². The number of hydrazone groups is 1. The fraction of sp³-hybridized carbons (Fsp3) is 0.125. The highest BCUT2D eigenvalue weighted by molar-refractivity contribution is 9.10. The molecule has 1 N–H and O–H groups in total. The second kappa shape index (κ2) is 4.85. The molecule has 0 aliphatic heterocycles. The lowest BCUT2D eigenvalue weighted by molar-refractivity contribution is -0.0559. The zero-order valence-corrected chi connectivity index (χ0v) is 9.49. The Balaban J connectivity index is 2.68. The van der Waals surface area contributed by atoms with Crippen LogP contribution in [0, 0.1) is 0 Å². The number of hydrogen-bond acceptors (Lipinski definition) is 2. The summed E-state index contributed by atoms with van der Waals surface area (Å²) in [5.41, 5.74) is 2.61. The molecule has 0 bridgehead atoms. The van der Waals surface area contributed by atoms with Crippen LogP contribution in [0.4, 0.5) is 18.9 Å². The molecule has 0 fully saturated rings. The summed E-state index contributed by atoms with van der Waals surface area (Å²) < 4.78 is 36.5. The van der Waals surface area contributed by atoms with Gasteiger partial charge in [0.05, 0.1) is 5.69 Å². The summed E-state index contributed by atoms with van der Waals surface area (Å²) in [4.78, 5) is 0. The molecule has 0 amide bonds. The Morgan fingerprint density at radius 2 is 1.80 bits per heavy atom. The monoisotopic (exact) mass is 300 g/mol. The van der Waals surface area contributed by atoms with E-state index in [1.807, 2.05) is 0 Å². The van der Waals surface area contributed by atoms with Gasteiger partial charge in [-0.2, -0.15) is 18.3 Å². The van der Waals surface area contributed by atoms with Crippen LogP contribution < -0.4 is 5.43 Å². The minimum Gasteiger partial charge on any atom is -0.277 e. The molecule has 0 saturated heterocycles. The van der Waals surface area contributed by atoms with E-state index in [4.69, 9.17) is 11.6 Å². The van der Waals surface area contributed by atoms with Gasteiger partial charge in [0.25, 0.3) is 0 Å². The molecule has 0 aliphatic carbocycles. The molecule has 0 radical (unpaired) electrons. The molecule has 0 aromatic heterocycles. The molecule has 0 spiro atoms. The van der Waals surface area contributed by atoms with E-state index < -0.39 is 11.3 Å². The first kappa shape index (κ1) is 12.3. The Bertz CT molecular complexity index is 361. The van der Waals surface area contributed by atoms with Crippen LogP contribution in [0.1, 0.15) is 0 Å². The fourth-order valence-electron chi connectivity index (χ4n) is 0.701. The predicted octanol–water partition coefficient (Wildman–Crippen LogP) is 3.98. The van der Waals surface area contributed by atoms with Gasteiger partial charge in [0, 0.05) is 4.47 Å². The minimum atomic E-state index is -4.62. The van der Waals surface area contributed by atoms with Crippen molar-refractivity contribution in [3.05, 3.63) is 28.7 Å². The van der Waals surface area contributed by atoms with Crippen molar-refractivity contribution in [3.63, 3.8) is 0 Å². The maximum absolute atomic E-state index is 11.9. The Morgan fingerprint density at radius 3 is 2.27 bits per heavy atom. The third-order valence-electron chi connectivity index (χ3n) is 1.36. The van der Waals surface area contributed by atoms with E-state index in [2.05, 4.69) is 26.5 Å². The van der Waals surface area contributed by atoms with Crippen molar-refractivity contribution in [3.8, 4) is 0 Å². The molecule has 15 heavy (non-hydrogen) atoms. The molecule has 82 valence electrons. The Hall–Kier alpha value is -0.750. The third kappa shape index (κ3) is 4.09. The summed E-state index contributed by atoms with van der Waals surface area (Å²) in [6, 6.07) is 6.46. The lowest BCUT2D eigenvalue weighted by atomic mass is 10.3. The number of rotatable bonds is 2. The summed E-state index contributed by atoms with van der Waals surface area (Å²) in [7, 11) is 0. The van der Waals surface area contributed by atoms with Crippen LogP contribution in [-0.2, 0) is 0 Å². The van der Waals surface area contributed by atoms with Gasteiger partial charge in [0.2, 0.25) is 5.17 Å². The van der Waals surface area contributed by atoms with Crippen LogP contribution in [0.3, 0.4) is 0 Å². The molecule has 0 saturated carbocycles. The zero-order valence-electron chi connectivity index (χ0n) is 7.15. The number of anilines is 1. The molecular formula is C8H5BrClF3N2. The number of nitrogens with one attached hydrogen (secondary N) is 1. The normalized spacial score (nSPS) is 12.7. The van der Waals surface area contributed by atoms with Crippen LogP contribution in [0.15, 0.2) is 33.8 Å². The van der Waals surface area contributed by atoms with Gasteiger partial charge in [-0.15, -0.1) is 0 Å². The van der Waals surface area contributed by atoms with E-state index in [1.54, 1.807) is 24.3 Å². The highest BCUT2D eigenvalue weighted by Crippen LogP contribution is 2.20. The summed E-state index contributed by atoms with van der Waals surface area (Å²) >= 11 is 8.08. The first-order valence-corrected chi connectivity index (χ1v) is 4.88. The van der Waals surface area contributed by atoms with Crippen molar-refractivity contribution >= 4 is 38.4 Å². The highest BCUT2D eigenvalue weighted by atomic mass is 79.9. The summed E-state index contributed by atoms with van der Waals surface area (Å²) in [6.07, 6.45) is -4.62. The largest absolute Gasteiger partial charge is 0.446 e. The van der Waals surface area contributed by atoms with Gasteiger partial charge in [-0.3, -0.25) is 5.43 Å². The van der Waals surface area contributed by atoms with E-state index in [1.165, 1.54) is 0 Å². The van der Waals surface area contributed by atoms with E-state index >= 15 is 0 Å². The lowest BCUT2D eigenvalue weighted by Crippen LogP contribution is -2.18. The first-order valence-electron chi connectivity index (χ1n) is 3.71. The van der Waals surface area contributed by atoms with Gasteiger partial charge >= 0.3 is 6.18 Å². The first-order chi connectivity index (χ1) is 6.89. The summed E-state index contributed by atoms with van der Waals surface area (Å²) in [5, 5.41) is 1.55. The highest BCUT2D eigenvalue weighted by Gasteiger charge is 2.34. The SMILES string of the molecule is FC(F)(F)/C(Cl)=N/Nc1ccc(Br)cc1. The van der Waals surface area contributed by atoms with Crippen LogP contribution in [0.2, 0.25) is 0 Å². The third-order valence-corrected chi connectivity index (χ3v) is 2.19.